The van der Waals surface area contributed by atoms with Gasteiger partial charge in [-0.1, -0.05) is 5.21 Å². The largest absolute Gasteiger partial charge is 0.366 e. The van der Waals surface area contributed by atoms with E-state index in [1.165, 1.54) is 0 Å². The topological polar surface area (TPSA) is 83.8 Å². The summed E-state index contributed by atoms with van der Waals surface area (Å²) in [5.41, 5.74) is 2.25. The molecule has 2 unspecified atom stereocenters. The van der Waals surface area contributed by atoms with Crippen molar-refractivity contribution in [2.45, 2.75) is 32.0 Å². The van der Waals surface area contributed by atoms with Gasteiger partial charge < -0.3 is 19.4 Å². The van der Waals surface area contributed by atoms with Gasteiger partial charge in [0.05, 0.1) is 18.2 Å². The van der Waals surface area contributed by atoms with Crippen LogP contribution in [0.15, 0.2) is 18.2 Å². The maximum atomic E-state index is 13.0. The van der Waals surface area contributed by atoms with E-state index < -0.39 is 6.10 Å². The number of carbonyl (C=O) groups is 2. The number of aromatic nitrogens is 3. The van der Waals surface area contributed by atoms with Crippen molar-refractivity contribution in [1.82, 2.24) is 29.7 Å². The molecule has 29 heavy (non-hydrogen) atoms. The highest BCUT2D eigenvalue weighted by Crippen LogP contribution is 2.21. The third-order valence-corrected chi connectivity index (χ3v) is 5.95. The second kappa shape index (κ2) is 8.08. The van der Waals surface area contributed by atoms with E-state index in [0.717, 1.165) is 30.5 Å². The minimum atomic E-state index is -0.424. The summed E-state index contributed by atoms with van der Waals surface area (Å²) in [7, 11) is 3.81. The van der Waals surface area contributed by atoms with Crippen molar-refractivity contribution in [3.8, 4) is 0 Å². The van der Waals surface area contributed by atoms with Gasteiger partial charge in [0.25, 0.3) is 11.8 Å². The van der Waals surface area contributed by atoms with Crippen LogP contribution in [0.1, 0.15) is 23.7 Å². The molecule has 4 rings (SSSR count). The number of ether oxygens (including phenoxy) is 1. The second-order valence-corrected chi connectivity index (χ2v) is 7.87. The van der Waals surface area contributed by atoms with Gasteiger partial charge >= 0.3 is 0 Å². The van der Waals surface area contributed by atoms with Crippen LogP contribution in [0.2, 0.25) is 0 Å². The van der Waals surface area contributed by atoms with Gasteiger partial charge in [0.1, 0.15) is 11.6 Å². The molecule has 0 spiro atoms. The molecule has 0 aliphatic carbocycles. The van der Waals surface area contributed by atoms with Crippen molar-refractivity contribution < 1.29 is 14.3 Å². The quantitative estimate of drug-likeness (QED) is 0.741. The monoisotopic (exact) mass is 400 g/mol. The highest BCUT2D eigenvalue weighted by atomic mass is 16.5. The van der Waals surface area contributed by atoms with Crippen molar-refractivity contribution in [3.63, 3.8) is 0 Å². The van der Waals surface area contributed by atoms with Crippen LogP contribution in [0, 0.1) is 0 Å². The molecule has 2 saturated heterocycles. The fraction of sp³-hybridized carbons (Fsp3) is 0.600. The standard InChI is InChI=1S/C20H28N6O3/c1-4-26-17-6-5-14(11-16(17)21-22-26)19(27)25-8-7-15(12-25)24(3)20(28)18-13-23(2)9-10-29-18/h5-6,11,15,18H,4,7-10,12-13H2,1-3H3. The first-order valence-electron chi connectivity index (χ1n) is 10.2. The van der Waals surface area contributed by atoms with Crippen molar-refractivity contribution in [2.24, 2.45) is 0 Å². The molecule has 2 atom stereocenters. The maximum Gasteiger partial charge on any atom is 0.254 e. The average molecular weight is 400 g/mol. The van der Waals surface area contributed by atoms with E-state index >= 15 is 0 Å². The Morgan fingerprint density at radius 1 is 1.28 bits per heavy atom. The van der Waals surface area contributed by atoms with E-state index in [1.807, 2.05) is 38.1 Å². The van der Waals surface area contributed by atoms with Crippen LogP contribution in [0.25, 0.3) is 11.0 Å². The number of fused-ring (bicyclic) bond motifs is 1. The highest BCUT2D eigenvalue weighted by molar-refractivity contribution is 5.97. The van der Waals surface area contributed by atoms with Crippen LogP contribution < -0.4 is 0 Å². The van der Waals surface area contributed by atoms with Gasteiger partial charge in [0.15, 0.2) is 0 Å². The summed E-state index contributed by atoms with van der Waals surface area (Å²) in [5, 5.41) is 8.25. The summed E-state index contributed by atoms with van der Waals surface area (Å²) in [6, 6.07) is 5.53. The second-order valence-electron chi connectivity index (χ2n) is 7.87. The molecular weight excluding hydrogens is 372 g/mol. The molecule has 0 bridgehead atoms. The average Bonchev–Trinajstić information content (AvgIpc) is 3.38. The summed E-state index contributed by atoms with van der Waals surface area (Å²) in [6.07, 6.45) is 0.345. The lowest BCUT2D eigenvalue weighted by Crippen LogP contribution is -2.51. The zero-order valence-electron chi connectivity index (χ0n) is 17.2. The van der Waals surface area contributed by atoms with Crippen LogP contribution in [0.5, 0.6) is 0 Å². The number of morpholine rings is 1. The van der Waals surface area contributed by atoms with Crippen molar-refractivity contribution in [3.05, 3.63) is 23.8 Å². The lowest BCUT2D eigenvalue weighted by Gasteiger charge is -2.33. The number of benzene rings is 1. The molecule has 9 nitrogen and oxygen atoms in total. The van der Waals surface area contributed by atoms with E-state index in [0.29, 0.717) is 31.8 Å². The number of carbonyl (C=O) groups excluding carboxylic acids is 2. The third-order valence-electron chi connectivity index (χ3n) is 5.95. The van der Waals surface area contributed by atoms with Gasteiger partial charge in [-0.25, -0.2) is 4.68 Å². The smallest absolute Gasteiger partial charge is 0.254 e. The first-order valence-corrected chi connectivity index (χ1v) is 10.2. The molecule has 2 aliphatic rings. The molecular formula is C20H28N6O3. The zero-order valence-corrected chi connectivity index (χ0v) is 17.2. The summed E-state index contributed by atoms with van der Waals surface area (Å²) in [6.45, 7) is 5.92. The Balaban J connectivity index is 1.41. The fourth-order valence-corrected chi connectivity index (χ4v) is 4.10. The van der Waals surface area contributed by atoms with Crippen LogP contribution in [0.3, 0.4) is 0 Å². The van der Waals surface area contributed by atoms with Crippen LogP contribution in [-0.2, 0) is 16.1 Å². The van der Waals surface area contributed by atoms with Crippen LogP contribution >= 0.6 is 0 Å². The summed E-state index contributed by atoms with van der Waals surface area (Å²) < 4.78 is 7.46. The van der Waals surface area contributed by atoms with Crippen LogP contribution in [0.4, 0.5) is 0 Å². The van der Waals surface area contributed by atoms with E-state index in [2.05, 4.69) is 15.2 Å². The predicted molar refractivity (Wildman–Crippen MR) is 108 cm³/mol. The Bertz CT molecular complexity index is 913. The molecule has 0 radical (unpaired) electrons. The molecule has 2 aliphatic heterocycles. The van der Waals surface area contributed by atoms with Crippen LogP contribution in [-0.4, -0.2) is 101 Å². The molecule has 1 aromatic carbocycles. The molecule has 2 fully saturated rings. The molecule has 3 heterocycles. The maximum absolute atomic E-state index is 13.0. The molecule has 156 valence electrons. The molecule has 0 saturated carbocycles. The SMILES string of the molecule is CCn1nnc2cc(C(=O)N3CCC(N(C)C(=O)C4CN(C)CCO4)C3)ccc21. The Morgan fingerprint density at radius 2 is 2.10 bits per heavy atom. The first kappa shape index (κ1) is 19.8. The minimum absolute atomic E-state index is 0.00607. The van der Waals surface area contributed by atoms with Gasteiger partial charge in [-0.3, -0.25) is 9.59 Å². The van der Waals surface area contributed by atoms with Crippen molar-refractivity contribution in [2.75, 3.05) is 46.9 Å². The Morgan fingerprint density at radius 3 is 2.86 bits per heavy atom. The zero-order chi connectivity index (χ0) is 20.5. The number of likely N-dealkylation sites (N-methyl/N-ethyl adjacent to an activating group) is 2. The number of likely N-dealkylation sites (tertiary alicyclic amines) is 1. The third kappa shape index (κ3) is 3.84. The van der Waals surface area contributed by atoms with Crippen molar-refractivity contribution in [1.29, 1.82) is 0 Å². The molecule has 1 aromatic heterocycles. The fourth-order valence-electron chi connectivity index (χ4n) is 4.10. The first-order chi connectivity index (χ1) is 14.0. The van der Waals surface area contributed by atoms with E-state index in [9.17, 15) is 9.59 Å². The number of aryl methyl sites for hydroxylation is 1. The lowest BCUT2D eigenvalue weighted by atomic mass is 10.1. The number of nitrogens with zero attached hydrogens (tertiary/aromatic N) is 6. The van der Waals surface area contributed by atoms with Gasteiger partial charge in [0, 0.05) is 45.3 Å². The Kier molecular flexibility index (Phi) is 5.51. The van der Waals surface area contributed by atoms with Gasteiger partial charge in [-0.15, -0.1) is 5.10 Å². The Hall–Kier alpha value is -2.52. The number of amides is 2. The van der Waals surface area contributed by atoms with Gasteiger partial charge in [-0.2, -0.15) is 0 Å². The lowest BCUT2D eigenvalue weighted by molar-refractivity contribution is -0.149. The van der Waals surface area contributed by atoms with Gasteiger partial charge in [-0.05, 0) is 38.6 Å². The Labute approximate surface area is 170 Å². The molecule has 9 heteroatoms. The number of hydrogen-bond donors (Lipinski definition) is 0. The molecule has 2 amide bonds. The van der Waals surface area contributed by atoms with E-state index in [-0.39, 0.29) is 17.9 Å². The summed E-state index contributed by atoms with van der Waals surface area (Å²) >= 11 is 0. The minimum Gasteiger partial charge on any atom is -0.366 e. The van der Waals surface area contributed by atoms with E-state index in [4.69, 9.17) is 4.74 Å². The summed E-state index contributed by atoms with van der Waals surface area (Å²) in [5.74, 6) is -0.0385. The van der Waals surface area contributed by atoms with E-state index in [1.54, 1.807) is 15.6 Å². The highest BCUT2D eigenvalue weighted by Gasteiger charge is 2.35. The predicted octanol–water partition coefficient (Wildman–Crippen LogP) is 0.455. The molecule has 2 aromatic rings. The van der Waals surface area contributed by atoms with Gasteiger partial charge in [0.2, 0.25) is 0 Å². The normalized spacial score (nSPS) is 22.9. The molecule has 0 N–H and O–H groups in total. The number of hydrogen-bond acceptors (Lipinski definition) is 6. The number of rotatable bonds is 4. The van der Waals surface area contributed by atoms with Crippen molar-refractivity contribution >= 4 is 22.8 Å². The summed E-state index contributed by atoms with van der Waals surface area (Å²) in [4.78, 5) is 31.5.